The molecule has 1 amide bonds. The Morgan fingerprint density at radius 1 is 1.25 bits per heavy atom. The van der Waals surface area contributed by atoms with E-state index in [0.29, 0.717) is 13.1 Å². The average Bonchev–Trinajstić information content (AvgIpc) is 2.93. The van der Waals surface area contributed by atoms with Crippen molar-refractivity contribution in [3.05, 3.63) is 55.8 Å². The number of thiophene rings is 1. The Morgan fingerprint density at radius 3 is 2.58 bits per heavy atom. The van der Waals surface area contributed by atoms with E-state index in [4.69, 9.17) is 0 Å². The van der Waals surface area contributed by atoms with Gasteiger partial charge in [0.05, 0.1) is 9.80 Å². The number of aryl methyl sites for hydroxylation is 2. The van der Waals surface area contributed by atoms with Crippen molar-refractivity contribution < 1.29 is 9.72 Å². The van der Waals surface area contributed by atoms with Crippen LogP contribution in [-0.4, -0.2) is 23.9 Å². The summed E-state index contributed by atoms with van der Waals surface area (Å²) in [6, 6.07) is 8.18. The van der Waals surface area contributed by atoms with Gasteiger partial charge < -0.3 is 10.6 Å². The molecule has 2 aromatic rings. The van der Waals surface area contributed by atoms with Crippen molar-refractivity contribution in [2.24, 2.45) is 0 Å². The second-order valence-corrected chi connectivity index (χ2v) is 6.69. The van der Waals surface area contributed by atoms with Crippen LogP contribution < -0.4 is 10.6 Å². The van der Waals surface area contributed by atoms with Gasteiger partial charge in [0.15, 0.2) is 0 Å². The highest BCUT2D eigenvalue weighted by molar-refractivity contribution is 7.14. The molecule has 7 heteroatoms. The third kappa shape index (κ3) is 4.79. The van der Waals surface area contributed by atoms with Crippen LogP contribution in [0.1, 0.15) is 33.5 Å². The summed E-state index contributed by atoms with van der Waals surface area (Å²) in [4.78, 5) is 24.2. The van der Waals surface area contributed by atoms with E-state index in [0.717, 1.165) is 23.4 Å². The summed E-state index contributed by atoms with van der Waals surface area (Å²) < 4.78 is 0. The largest absolute Gasteiger partial charge is 0.383 e. The van der Waals surface area contributed by atoms with Crippen molar-refractivity contribution in [1.29, 1.82) is 0 Å². The molecule has 2 N–H and O–H groups in total. The zero-order valence-corrected chi connectivity index (χ0v) is 14.6. The Hall–Kier alpha value is -2.41. The van der Waals surface area contributed by atoms with E-state index in [9.17, 15) is 14.9 Å². The molecule has 128 valence electrons. The first-order valence-electron chi connectivity index (χ1n) is 7.87. The van der Waals surface area contributed by atoms with Gasteiger partial charge in [-0.15, -0.1) is 11.3 Å². The molecule has 0 unspecified atom stereocenters. The number of nitrogens with zero attached hydrogens (tertiary/aromatic N) is 1. The lowest BCUT2D eigenvalue weighted by Gasteiger charge is -2.07. The Balaban J connectivity index is 1.78. The number of hydrogen-bond acceptors (Lipinski definition) is 5. The van der Waals surface area contributed by atoms with Crippen LogP contribution in [0.3, 0.4) is 0 Å². The minimum Gasteiger partial charge on any atom is -0.383 e. The molecule has 0 radical (unpaired) electrons. The van der Waals surface area contributed by atoms with E-state index in [1.165, 1.54) is 33.9 Å². The molecule has 1 heterocycles. The number of nitro benzene ring substituents is 1. The van der Waals surface area contributed by atoms with Gasteiger partial charge in [0.1, 0.15) is 0 Å². The second kappa shape index (κ2) is 8.44. The number of nitro groups is 1. The molecule has 1 aromatic heterocycles. The number of anilines is 1. The zero-order valence-electron chi connectivity index (χ0n) is 13.8. The van der Waals surface area contributed by atoms with Gasteiger partial charge in [0.2, 0.25) is 0 Å². The van der Waals surface area contributed by atoms with Crippen molar-refractivity contribution >= 4 is 28.6 Å². The van der Waals surface area contributed by atoms with Crippen molar-refractivity contribution in [1.82, 2.24) is 5.32 Å². The van der Waals surface area contributed by atoms with Crippen LogP contribution in [0.2, 0.25) is 0 Å². The van der Waals surface area contributed by atoms with Crippen LogP contribution in [-0.2, 0) is 6.42 Å². The van der Waals surface area contributed by atoms with Crippen molar-refractivity contribution in [2.75, 3.05) is 18.4 Å². The summed E-state index contributed by atoms with van der Waals surface area (Å²) in [5.41, 5.74) is 2.09. The van der Waals surface area contributed by atoms with Gasteiger partial charge in [0.25, 0.3) is 11.6 Å². The first-order chi connectivity index (χ1) is 11.5. The van der Waals surface area contributed by atoms with E-state index in [2.05, 4.69) is 17.6 Å². The molecule has 0 aliphatic carbocycles. The Bertz CT molecular complexity index is 710. The molecule has 0 atom stereocenters. The van der Waals surface area contributed by atoms with Crippen molar-refractivity contribution in [3.63, 3.8) is 0 Å². The minimum absolute atomic E-state index is 0.0593. The van der Waals surface area contributed by atoms with Crippen LogP contribution in [0.4, 0.5) is 11.4 Å². The molecule has 0 spiro atoms. The van der Waals surface area contributed by atoms with Gasteiger partial charge in [-0.2, -0.15) is 0 Å². The molecular weight excluding hydrogens is 326 g/mol. The highest BCUT2D eigenvalue weighted by Gasteiger charge is 2.11. The zero-order chi connectivity index (χ0) is 17.5. The molecule has 0 saturated heterocycles. The topological polar surface area (TPSA) is 84.3 Å². The summed E-state index contributed by atoms with van der Waals surface area (Å²) in [5.74, 6) is -0.0593. The van der Waals surface area contributed by atoms with E-state index in [1.807, 2.05) is 13.0 Å². The number of rotatable bonds is 8. The van der Waals surface area contributed by atoms with Gasteiger partial charge >= 0.3 is 0 Å². The molecule has 0 aliphatic rings. The van der Waals surface area contributed by atoms with E-state index >= 15 is 0 Å². The van der Waals surface area contributed by atoms with Crippen LogP contribution in [0.5, 0.6) is 0 Å². The minimum atomic E-state index is -0.431. The lowest BCUT2D eigenvalue weighted by Crippen LogP contribution is -2.28. The smallest absolute Gasteiger partial charge is 0.269 e. The maximum Gasteiger partial charge on any atom is 0.269 e. The maximum atomic E-state index is 12.1. The summed E-state index contributed by atoms with van der Waals surface area (Å²) in [6.45, 7) is 5.20. The number of nitrogens with one attached hydrogen (secondary N) is 2. The number of amides is 1. The quantitative estimate of drug-likeness (QED) is 0.433. The van der Waals surface area contributed by atoms with Gasteiger partial charge in [-0.1, -0.05) is 13.3 Å². The van der Waals surface area contributed by atoms with Crippen LogP contribution in [0, 0.1) is 17.0 Å². The Morgan fingerprint density at radius 2 is 1.96 bits per heavy atom. The monoisotopic (exact) mass is 347 g/mol. The van der Waals surface area contributed by atoms with Crippen LogP contribution in [0.15, 0.2) is 30.3 Å². The lowest BCUT2D eigenvalue weighted by molar-refractivity contribution is -0.384. The fourth-order valence-electron chi connectivity index (χ4n) is 2.32. The molecule has 24 heavy (non-hydrogen) atoms. The molecule has 1 aromatic carbocycles. The number of non-ortho nitro benzene ring substituents is 1. The number of carbonyl (C=O) groups is 1. The highest BCUT2D eigenvalue weighted by Crippen LogP contribution is 2.22. The summed E-state index contributed by atoms with van der Waals surface area (Å²) >= 11 is 1.52. The third-order valence-corrected chi connectivity index (χ3v) is 4.67. The van der Waals surface area contributed by atoms with Crippen molar-refractivity contribution in [2.45, 2.75) is 26.7 Å². The fraction of sp³-hybridized carbons (Fsp3) is 0.353. The summed E-state index contributed by atoms with van der Waals surface area (Å²) in [7, 11) is 0. The number of benzene rings is 1. The normalized spacial score (nSPS) is 10.4. The summed E-state index contributed by atoms with van der Waals surface area (Å²) in [5, 5.41) is 16.6. The van der Waals surface area contributed by atoms with E-state index in [1.54, 1.807) is 12.1 Å². The SMILES string of the molecule is CCCc1cc(C(=O)NCCNc2ccc([N+](=O)[O-])cc2)sc1C. The van der Waals surface area contributed by atoms with Gasteiger partial charge in [-0.05, 0) is 37.1 Å². The highest BCUT2D eigenvalue weighted by atomic mass is 32.1. The summed E-state index contributed by atoms with van der Waals surface area (Å²) in [6.07, 6.45) is 2.06. The predicted molar refractivity (Wildman–Crippen MR) is 97.0 cm³/mol. The van der Waals surface area contributed by atoms with Gasteiger partial charge in [0, 0.05) is 35.8 Å². The van der Waals surface area contributed by atoms with E-state index in [-0.39, 0.29) is 11.6 Å². The first-order valence-corrected chi connectivity index (χ1v) is 8.68. The van der Waals surface area contributed by atoms with Gasteiger partial charge in [-0.25, -0.2) is 0 Å². The van der Waals surface area contributed by atoms with Gasteiger partial charge in [-0.3, -0.25) is 14.9 Å². The second-order valence-electron chi connectivity index (χ2n) is 5.43. The molecule has 0 bridgehead atoms. The standard InChI is InChI=1S/C17H21N3O3S/c1-3-4-13-11-16(24-12(13)2)17(21)19-10-9-18-14-5-7-15(8-6-14)20(22)23/h5-8,11,18H,3-4,9-10H2,1-2H3,(H,19,21). The molecule has 0 aliphatic heterocycles. The molecular formula is C17H21N3O3S. The Labute approximate surface area is 145 Å². The first kappa shape index (κ1) is 17.9. The molecule has 2 rings (SSSR count). The number of hydrogen-bond donors (Lipinski definition) is 2. The number of carbonyl (C=O) groups excluding carboxylic acids is 1. The lowest BCUT2D eigenvalue weighted by atomic mass is 10.1. The Kier molecular flexibility index (Phi) is 6.31. The van der Waals surface area contributed by atoms with E-state index < -0.39 is 4.92 Å². The maximum absolute atomic E-state index is 12.1. The molecule has 0 saturated carbocycles. The van der Waals surface area contributed by atoms with Crippen LogP contribution >= 0.6 is 11.3 Å². The molecule has 0 fully saturated rings. The third-order valence-electron chi connectivity index (χ3n) is 3.58. The fourth-order valence-corrected chi connectivity index (χ4v) is 3.31. The van der Waals surface area contributed by atoms with Crippen LogP contribution in [0.25, 0.3) is 0 Å². The predicted octanol–water partition coefficient (Wildman–Crippen LogP) is 3.76. The average molecular weight is 347 g/mol. The van der Waals surface area contributed by atoms with Crippen molar-refractivity contribution in [3.8, 4) is 0 Å². The molecule has 6 nitrogen and oxygen atoms in total.